The molecule has 9 nitrogen and oxygen atoms in total. The van der Waals surface area contributed by atoms with E-state index in [1.54, 1.807) is 6.07 Å². The van der Waals surface area contributed by atoms with E-state index in [1.165, 1.54) is 0 Å². The normalized spacial score (nSPS) is 12.7. The minimum atomic E-state index is -0.931. The maximum absolute atomic E-state index is 10.0. The van der Waals surface area contributed by atoms with Gasteiger partial charge in [0.25, 0.3) is 0 Å². The maximum atomic E-state index is 10.0. The molecule has 146 valence electrons. The molecular weight excluding hydrogens is 350 g/mol. The van der Waals surface area contributed by atoms with Gasteiger partial charge in [-0.1, -0.05) is 0 Å². The van der Waals surface area contributed by atoms with Gasteiger partial charge in [-0.3, -0.25) is 0 Å². The fourth-order valence-electron chi connectivity index (χ4n) is 2.97. The summed E-state index contributed by atoms with van der Waals surface area (Å²) in [7, 11) is 0. The molecule has 1 aromatic carbocycles. The first kappa shape index (κ1) is 19.3. The van der Waals surface area contributed by atoms with Crippen molar-refractivity contribution in [1.82, 2.24) is 14.5 Å². The minimum absolute atomic E-state index is 0.166. The van der Waals surface area contributed by atoms with E-state index in [1.807, 2.05) is 23.6 Å². The highest BCUT2D eigenvalue weighted by atomic mass is 16.5. The van der Waals surface area contributed by atoms with Gasteiger partial charge in [0, 0.05) is 24.6 Å². The molecule has 0 aliphatic carbocycles. The summed E-state index contributed by atoms with van der Waals surface area (Å²) in [6.07, 6.45) is -0.931. The average molecular weight is 375 g/mol. The Bertz CT molecular complexity index is 927. The summed E-state index contributed by atoms with van der Waals surface area (Å²) in [5, 5.41) is 20.1. The Kier molecular flexibility index (Phi) is 6.07. The van der Waals surface area contributed by atoms with E-state index in [0.29, 0.717) is 42.4 Å². The van der Waals surface area contributed by atoms with Crippen LogP contribution >= 0.6 is 0 Å². The first-order valence-electron chi connectivity index (χ1n) is 8.86. The van der Waals surface area contributed by atoms with Crippen LogP contribution in [0.2, 0.25) is 0 Å². The average Bonchev–Trinajstić information content (AvgIpc) is 3.03. The van der Waals surface area contributed by atoms with Crippen molar-refractivity contribution in [2.24, 2.45) is 5.73 Å². The molecule has 6 N–H and O–H groups in total. The van der Waals surface area contributed by atoms with Crippen LogP contribution in [0.4, 0.5) is 5.82 Å². The molecular formula is C18H25N5O4. The number of fused-ring (bicyclic) bond motifs is 3. The third-order valence-corrected chi connectivity index (χ3v) is 4.18. The molecule has 2 aromatic heterocycles. The zero-order valence-corrected chi connectivity index (χ0v) is 15.3. The third kappa shape index (κ3) is 3.96. The third-order valence-electron chi connectivity index (χ3n) is 4.18. The van der Waals surface area contributed by atoms with Gasteiger partial charge in [0.2, 0.25) is 0 Å². The zero-order valence-electron chi connectivity index (χ0n) is 15.3. The molecule has 0 radical (unpaired) electrons. The molecule has 0 aliphatic rings. The van der Waals surface area contributed by atoms with E-state index in [2.05, 4.69) is 9.97 Å². The van der Waals surface area contributed by atoms with Gasteiger partial charge in [0.15, 0.2) is 5.82 Å². The fraction of sp³-hybridized carbons (Fsp3) is 0.444. The number of benzene rings is 1. The van der Waals surface area contributed by atoms with Gasteiger partial charge in [-0.25, -0.2) is 9.97 Å². The Morgan fingerprint density at radius 1 is 1.30 bits per heavy atom. The predicted molar refractivity (Wildman–Crippen MR) is 102 cm³/mol. The number of hydrogen-bond donors (Lipinski definition) is 4. The van der Waals surface area contributed by atoms with Gasteiger partial charge < -0.3 is 35.7 Å². The minimum Gasteiger partial charge on any atom is -0.492 e. The fourth-order valence-corrected chi connectivity index (χ4v) is 2.97. The SMILES string of the molecule is CCOCc1nc2c(N)nc3cc(OCCN)ccc3c2n1CC(O)CO. The van der Waals surface area contributed by atoms with Gasteiger partial charge in [0.1, 0.15) is 30.3 Å². The van der Waals surface area contributed by atoms with Crippen LogP contribution in [0.5, 0.6) is 5.75 Å². The molecule has 0 amide bonds. The van der Waals surface area contributed by atoms with Gasteiger partial charge in [-0.05, 0) is 19.1 Å². The number of nitrogen functional groups attached to an aromatic ring is 1. The van der Waals surface area contributed by atoms with E-state index in [9.17, 15) is 10.2 Å². The standard InChI is InChI=1S/C18H25N5O4/c1-2-26-10-15-22-16-17(23(15)8-11(25)9-24)13-4-3-12(27-6-5-19)7-14(13)21-18(16)20/h3-4,7,11,24-25H,2,5-6,8-10,19H2,1H3,(H2,20,21). The van der Waals surface area contributed by atoms with Gasteiger partial charge in [0.05, 0.1) is 30.3 Å². The second-order valence-electron chi connectivity index (χ2n) is 6.12. The smallest absolute Gasteiger partial charge is 0.152 e. The highest BCUT2D eigenvalue weighted by Gasteiger charge is 2.19. The number of aliphatic hydroxyl groups is 2. The number of rotatable bonds is 9. The lowest BCUT2D eigenvalue weighted by Crippen LogP contribution is -2.21. The second-order valence-corrected chi connectivity index (χ2v) is 6.12. The Balaban J connectivity index is 2.19. The number of aromatic nitrogens is 3. The summed E-state index contributed by atoms with van der Waals surface area (Å²) in [4.78, 5) is 9.01. The van der Waals surface area contributed by atoms with E-state index < -0.39 is 6.10 Å². The second kappa shape index (κ2) is 8.49. The predicted octanol–water partition coefficient (Wildman–Crippen LogP) is 0.394. The van der Waals surface area contributed by atoms with Crippen LogP contribution in [0.25, 0.3) is 21.9 Å². The lowest BCUT2D eigenvalue weighted by atomic mass is 10.1. The van der Waals surface area contributed by atoms with Gasteiger partial charge >= 0.3 is 0 Å². The summed E-state index contributed by atoms with van der Waals surface area (Å²) < 4.78 is 12.9. The number of hydrogen-bond acceptors (Lipinski definition) is 8. The van der Waals surface area contributed by atoms with Crippen molar-refractivity contribution in [1.29, 1.82) is 0 Å². The van der Waals surface area contributed by atoms with E-state index >= 15 is 0 Å². The molecule has 2 heterocycles. The van der Waals surface area contributed by atoms with Crippen LogP contribution < -0.4 is 16.2 Å². The maximum Gasteiger partial charge on any atom is 0.152 e. The van der Waals surface area contributed by atoms with Crippen molar-refractivity contribution in [3.63, 3.8) is 0 Å². The quantitative estimate of drug-likeness (QED) is 0.421. The lowest BCUT2D eigenvalue weighted by molar-refractivity contribution is 0.0774. The molecule has 0 saturated heterocycles. The number of nitrogens with zero attached hydrogens (tertiary/aromatic N) is 3. The van der Waals surface area contributed by atoms with Crippen molar-refractivity contribution >= 4 is 27.8 Å². The topological polar surface area (TPSA) is 142 Å². The van der Waals surface area contributed by atoms with Crippen molar-refractivity contribution < 1.29 is 19.7 Å². The van der Waals surface area contributed by atoms with Crippen molar-refractivity contribution in [2.75, 3.05) is 32.1 Å². The van der Waals surface area contributed by atoms with Crippen LogP contribution in [0.1, 0.15) is 12.7 Å². The van der Waals surface area contributed by atoms with Crippen molar-refractivity contribution in [3.05, 3.63) is 24.0 Å². The Hall–Kier alpha value is -2.46. The molecule has 9 heteroatoms. The number of nitrogens with two attached hydrogens (primary N) is 2. The molecule has 27 heavy (non-hydrogen) atoms. The number of aliphatic hydroxyl groups excluding tert-OH is 2. The van der Waals surface area contributed by atoms with Crippen LogP contribution in [-0.4, -0.2) is 57.2 Å². The summed E-state index contributed by atoms with van der Waals surface area (Å²) in [6.45, 7) is 3.32. The first-order valence-corrected chi connectivity index (χ1v) is 8.86. The Labute approximate surface area is 156 Å². The van der Waals surface area contributed by atoms with E-state index in [0.717, 1.165) is 10.9 Å². The molecule has 0 spiro atoms. The highest BCUT2D eigenvalue weighted by Crippen LogP contribution is 2.31. The van der Waals surface area contributed by atoms with Gasteiger partial charge in [-0.2, -0.15) is 0 Å². The van der Waals surface area contributed by atoms with Crippen molar-refractivity contribution in [2.45, 2.75) is 26.2 Å². The molecule has 0 saturated carbocycles. The van der Waals surface area contributed by atoms with E-state index in [-0.39, 0.29) is 25.6 Å². The number of anilines is 1. The summed E-state index contributed by atoms with van der Waals surface area (Å²) >= 11 is 0. The van der Waals surface area contributed by atoms with Gasteiger partial charge in [-0.15, -0.1) is 0 Å². The summed E-state index contributed by atoms with van der Waals surface area (Å²) in [5.41, 5.74) is 13.6. The van der Waals surface area contributed by atoms with Crippen LogP contribution in [0.3, 0.4) is 0 Å². The molecule has 3 rings (SSSR count). The number of ether oxygens (including phenoxy) is 2. The van der Waals surface area contributed by atoms with E-state index in [4.69, 9.17) is 20.9 Å². The Morgan fingerprint density at radius 3 is 2.81 bits per heavy atom. The number of pyridine rings is 1. The van der Waals surface area contributed by atoms with Crippen LogP contribution in [0.15, 0.2) is 18.2 Å². The molecule has 3 aromatic rings. The molecule has 0 bridgehead atoms. The van der Waals surface area contributed by atoms with Crippen molar-refractivity contribution in [3.8, 4) is 5.75 Å². The summed E-state index contributed by atoms with van der Waals surface area (Å²) in [5.74, 6) is 1.54. The zero-order chi connectivity index (χ0) is 19.4. The van der Waals surface area contributed by atoms with Crippen LogP contribution in [-0.2, 0) is 17.9 Å². The molecule has 0 aliphatic heterocycles. The Morgan fingerprint density at radius 2 is 2.11 bits per heavy atom. The monoisotopic (exact) mass is 375 g/mol. The molecule has 1 atom stereocenters. The molecule has 0 fully saturated rings. The largest absolute Gasteiger partial charge is 0.492 e. The lowest BCUT2D eigenvalue weighted by Gasteiger charge is -2.14. The highest BCUT2D eigenvalue weighted by molar-refractivity contribution is 6.06. The molecule has 1 unspecified atom stereocenters. The first-order chi connectivity index (χ1) is 13.1. The number of imidazole rings is 1. The van der Waals surface area contributed by atoms with Crippen LogP contribution in [0, 0.1) is 0 Å². The summed E-state index contributed by atoms with van der Waals surface area (Å²) in [6, 6.07) is 5.50.